The van der Waals surface area contributed by atoms with Crippen molar-refractivity contribution < 1.29 is 4.74 Å². The predicted molar refractivity (Wildman–Crippen MR) is 65.3 cm³/mol. The molecular formula is C10H9ClOS2. The zero-order valence-electron chi connectivity index (χ0n) is 7.58. The molecule has 2 rings (SSSR count). The third kappa shape index (κ3) is 1.72. The molecule has 0 saturated heterocycles. The Kier molecular flexibility index (Phi) is 2.91. The first-order valence-corrected chi connectivity index (χ1v) is 5.95. The summed E-state index contributed by atoms with van der Waals surface area (Å²) < 4.78 is 6.61. The van der Waals surface area contributed by atoms with Gasteiger partial charge >= 0.3 is 0 Å². The number of thiol groups is 1. The van der Waals surface area contributed by atoms with Crippen LogP contribution in [0.1, 0.15) is 6.92 Å². The number of hydrogen-bond donors (Lipinski definition) is 1. The molecule has 0 aliphatic rings. The van der Waals surface area contributed by atoms with E-state index in [9.17, 15) is 0 Å². The van der Waals surface area contributed by atoms with Crippen molar-refractivity contribution in [2.75, 3.05) is 6.61 Å². The van der Waals surface area contributed by atoms with Gasteiger partial charge in [-0.05, 0) is 19.1 Å². The minimum atomic E-state index is 0.655. The van der Waals surface area contributed by atoms with Gasteiger partial charge in [-0.1, -0.05) is 11.6 Å². The summed E-state index contributed by atoms with van der Waals surface area (Å²) in [5.74, 6) is 0.868. The lowest BCUT2D eigenvalue weighted by molar-refractivity contribution is 0.344. The monoisotopic (exact) mass is 244 g/mol. The Hall–Kier alpha value is -0.380. The van der Waals surface area contributed by atoms with Gasteiger partial charge in [0, 0.05) is 15.7 Å². The van der Waals surface area contributed by atoms with E-state index < -0.39 is 0 Å². The molecule has 1 aromatic carbocycles. The summed E-state index contributed by atoms with van der Waals surface area (Å²) in [7, 11) is 0. The second kappa shape index (κ2) is 4.01. The molecule has 0 fully saturated rings. The number of fused-ring (bicyclic) bond motifs is 1. The van der Waals surface area contributed by atoms with Gasteiger partial charge in [-0.25, -0.2) is 0 Å². The molecular weight excluding hydrogens is 236 g/mol. The number of benzene rings is 1. The largest absolute Gasteiger partial charge is 0.492 e. The van der Waals surface area contributed by atoms with Gasteiger partial charge in [-0.15, -0.1) is 24.0 Å². The van der Waals surface area contributed by atoms with Crippen LogP contribution >= 0.6 is 35.6 Å². The van der Waals surface area contributed by atoms with Crippen molar-refractivity contribution in [3.8, 4) is 5.75 Å². The van der Waals surface area contributed by atoms with E-state index in [1.165, 1.54) is 0 Å². The molecule has 0 N–H and O–H groups in total. The van der Waals surface area contributed by atoms with Gasteiger partial charge in [0.05, 0.1) is 16.3 Å². The van der Waals surface area contributed by atoms with Crippen molar-refractivity contribution in [2.24, 2.45) is 0 Å². The molecule has 1 nitrogen and oxygen atoms in total. The molecule has 0 spiro atoms. The van der Waals surface area contributed by atoms with Crippen LogP contribution in [0.25, 0.3) is 10.1 Å². The van der Waals surface area contributed by atoms with Gasteiger partial charge in [-0.2, -0.15) is 0 Å². The van der Waals surface area contributed by atoms with Crippen LogP contribution in [0, 0.1) is 0 Å². The Balaban J connectivity index is 2.68. The first kappa shape index (κ1) is 10.1. The number of rotatable bonds is 2. The molecule has 2 aromatic rings. The van der Waals surface area contributed by atoms with Gasteiger partial charge in [0.25, 0.3) is 0 Å². The van der Waals surface area contributed by atoms with Gasteiger partial charge in [0.15, 0.2) is 0 Å². The van der Waals surface area contributed by atoms with Crippen molar-refractivity contribution >= 4 is 45.7 Å². The van der Waals surface area contributed by atoms with Crippen LogP contribution in [0.4, 0.5) is 0 Å². The molecule has 0 aliphatic heterocycles. The van der Waals surface area contributed by atoms with E-state index in [4.69, 9.17) is 16.3 Å². The molecule has 1 aromatic heterocycles. The van der Waals surface area contributed by atoms with Crippen molar-refractivity contribution in [1.82, 2.24) is 0 Å². The Morgan fingerprint density at radius 1 is 1.50 bits per heavy atom. The third-order valence-electron chi connectivity index (χ3n) is 1.88. The maximum atomic E-state index is 6.04. The van der Waals surface area contributed by atoms with Crippen molar-refractivity contribution in [1.29, 1.82) is 0 Å². The maximum absolute atomic E-state index is 6.04. The van der Waals surface area contributed by atoms with E-state index >= 15 is 0 Å². The molecule has 4 heteroatoms. The van der Waals surface area contributed by atoms with Crippen molar-refractivity contribution in [2.45, 2.75) is 11.8 Å². The summed E-state index contributed by atoms with van der Waals surface area (Å²) in [6.45, 7) is 2.62. The van der Waals surface area contributed by atoms with Gasteiger partial charge < -0.3 is 4.74 Å². The smallest absolute Gasteiger partial charge is 0.138 e. The summed E-state index contributed by atoms with van der Waals surface area (Å²) in [6, 6.07) is 3.88. The third-order valence-corrected chi connectivity index (χ3v) is 3.59. The van der Waals surface area contributed by atoms with Crippen LogP contribution in [0.15, 0.2) is 22.4 Å². The summed E-state index contributed by atoms with van der Waals surface area (Å²) in [5, 5.41) is 3.71. The second-order valence-corrected chi connectivity index (χ2v) is 4.64. The van der Waals surface area contributed by atoms with Gasteiger partial charge in [-0.3, -0.25) is 0 Å². The Morgan fingerprint density at radius 2 is 2.29 bits per heavy atom. The van der Waals surface area contributed by atoms with Crippen LogP contribution in [0.3, 0.4) is 0 Å². The highest BCUT2D eigenvalue weighted by Gasteiger charge is 2.08. The van der Waals surface area contributed by atoms with Crippen molar-refractivity contribution in [3.05, 3.63) is 22.5 Å². The Bertz CT molecular complexity index is 464. The lowest BCUT2D eigenvalue weighted by Gasteiger charge is -2.05. The highest BCUT2D eigenvalue weighted by Crippen LogP contribution is 2.38. The van der Waals surface area contributed by atoms with E-state index in [1.54, 1.807) is 11.3 Å². The topological polar surface area (TPSA) is 9.23 Å². The average Bonchev–Trinajstić information content (AvgIpc) is 2.49. The molecule has 0 bridgehead atoms. The minimum absolute atomic E-state index is 0.655. The normalized spacial score (nSPS) is 10.8. The quantitative estimate of drug-likeness (QED) is 0.778. The fourth-order valence-electron chi connectivity index (χ4n) is 1.32. The molecule has 74 valence electrons. The highest BCUT2D eigenvalue weighted by molar-refractivity contribution is 7.80. The molecule has 0 radical (unpaired) electrons. The fourth-order valence-corrected chi connectivity index (χ4v) is 2.79. The molecule has 0 saturated carbocycles. The molecule has 1 heterocycles. The summed E-state index contributed by atoms with van der Waals surface area (Å²) in [4.78, 5) is 0.876. The Labute approximate surface area is 97.1 Å². The van der Waals surface area contributed by atoms with Crippen LogP contribution in [-0.4, -0.2) is 6.61 Å². The first-order valence-electron chi connectivity index (χ1n) is 4.25. The highest BCUT2D eigenvalue weighted by atomic mass is 35.5. The molecule has 0 atom stereocenters. The van der Waals surface area contributed by atoms with E-state index in [1.807, 2.05) is 24.4 Å². The molecule has 0 amide bonds. The average molecular weight is 245 g/mol. The molecule has 0 aliphatic carbocycles. The summed E-state index contributed by atoms with van der Waals surface area (Å²) >= 11 is 11.9. The van der Waals surface area contributed by atoms with Gasteiger partial charge in [0.2, 0.25) is 0 Å². The maximum Gasteiger partial charge on any atom is 0.138 e. The number of ether oxygens (including phenoxy) is 1. The van der Waals surface area contributed by atoms with E-state index in [0.717, 1.165) is 25.8 Å². The van der Waals surface area contributed by atoms with Crippen LogP contribution in [0.5, 0.6) is 5.75 Å². The zero-order chi connectivity index (χ0) is 10.1. The van der Waals surface area contributed by atoms with Gasteiger partial charge in [0.1, 0.15) is 5.75 Å². The fraction of sp³-hybridized carbons (Fsp3) is 0.200. The summed E-state index contributed by atoms with van der Waals surface area (Å²) in [6.07, 6.45) is 0. The standard InChI is InChI=1S/C10H9ClOS2/c1-2-12-9-4-6(13)3-7-8(11)5-14-10(7)9/h3-5,13H,2H2,1H3. The minimum Gasteiger partial charge on any atom is -0.492 e. The zero-order valence-corrected chi connectivity index (χ0v) is 10.0. The molecule has 14 heavy (non-hydrogen) atoms. The number of hydrogen-bond acceptors (Lipinski definition) is 3. The van der Waals surface area contributed by atoms with E-state index in [0.29, 0.717) is 6.61 Å². The summed E-state index contributed by atoms with van der Waals surface area (Å²) in [5.41, 5.74) is 0. The lowest BCUT2D eigenvalue weighted by atomic mass is 10.2. The first-order chi connectivity index (χ1) is 6.72. The van der Waals surface area contributed by atoms with E-state index in [-0.39, 0.29) is 0 Å². The van der Waals surface area contributed by atoms with Crippen LogP contribution in [0.2, 0.25) is 5.02 Å². The number of thiophene rings is 1. The van der Waals surface area contributed by atoms with Crippen molar-refractivity contribution in [3.63, 3.8) is 0 Å². The van der Waals surface area contributed by atoms with Crippen LogP contribution in [-0.2, 0) is 0 Å². The number of halogens is 1. The van der Waals surface area contributed by atoms with Crippen LogP contribution < -0.4 is 4.74 Å². The molecule has 0 unspecified atom stereocenters. The SMILES string of the molecule is CCOc1cc(S)cc2c(Cl)csc12. The predicted octanol–water partition coefficient (Wildman–Crippen LogP) is 4.24. The Morgan fingerprint density at radius 3 is 3.00 bits per heavy atom. The second-order valence-electron chi connectivity index (χ2n) is 2.84. The lowest BCUT2D eigenvalue weighted by Crippen LogP contribution is -1.91. The van der Waals surface area contributed by atoms with E-state index in [2.05, 4.69) is 12.6 Å².